The number of nitrogens with one attached hydrogen (secondary N) is 2. The van der Waals surface area contributed by atoms with Crippen molar-refractivity contribution in [2.45, 2.75) is 57.5 Å². The summed E-state index contributed by atoms with van der Waals surface area (Å²) in [5.41, 5.74) is 4.94. The lowest BCUT2D eigenvalue weighted by atomic mass is 9.85. The lowest BCUT2D eigenvalue weighted by Gasteiger charge is -2.44. The maximum Gasteiger partial charge on any atom is 0.243 e. The van der Waals surface area contributed by atoms with Crippen LogP contribution in [0.5, 0.6) is 0 Å². The highest BCUT2D eigenvalue weighted by Gasteiger charge is 2.43. The van der Waals surface area contributed by atoms with E-state index in [1.54, 1.807) is 4.31 Å². The molecule has 6 nitrogen and oxygen atoms in total. The van der Waals surface area contributed by atoms with E-state index in [1.807, 2.05) is 39.0 Å². The average molecular weight is 491 g/mol. The fourth-order valence-corrected chi connectivity index (χ4v) is 6.99. The van der Waals surface area contributed by atoms with Crippen molar-refractivity contribution in [3.63, 3.8) is 0 Å². The van der Waals surface area contributed by atoms with Crippen LogP contribution in [0.25, 0.3) is 0 Å². The summed E-state index contributed by atoms with van der Waals surface area (Å²) in [6, 6.07) is 12.3. The van der Waals surface area contributed by atoms with Gasteiger partial charge in [-0.2, -0.15) is 4.31 Å². The zero-order chi connectivity index (χ0) is 22.9. The van der Waals surface area contributed by atoms with Gasteiger partial charge in [-0.1, -0.05) is 42.0 Å². The fraction of sp³-hybridized carbons (Fsp3) is 0.480. The van der Waals surface area contributed by atoms with Crippen LogP contribution < -0.4 is 10.6 Å². The number of aryl methyl sites for hydroxylation is 4. The van der Waals surface area contributed by atoms with Crippen LogP contribution in [-0.2, 0) is 16.6 Å². The first-order valence-electron chi connectivity index (χ1n) is 11.4. The zero-order valence-electron chi connectivity index (χ0n) is 19.9. The quantitative estimate of drug-likeness (QED) is 0.686. The topological polar surface area (TPSA) is 73.8 Å². The van der Waals surface area contributed by atoms with Gasteiger partial charge in [0, 0.05) is 26.2 Å². The molecule has 0 aromatic heterocycles. The summed E-state index contributed by atoms with van der Waals surface area (Å²) in [6.07, 6.45) is 1.41. The largest absolute Gasteiger partial charge is 0.368 e. The van der Waals surface area contributed by atoms with Crippen molar-refractivity contribution in [3.8, 4) is 0 Å². The monoisotopic (exact) mass is 490 g/mol. The molecule has 0 atom stereocenters. The van der Waals surface area contributed by atoms with Crippen molar-refractivity contribution in [3.05, 3.63) is 64.2 Å². The van der Waals surface area contributed by atoms with Crippen LogP contribution in [0.3, 0.4) is 0 Å². The number of aliphatic imine (C=N–C) groups is 1. The minimum Gasteiger partial charge on any atom is -0.368 e. The summed E-state index contributed by atoms with van der Waals surface area (Å²) in [6.45, 7) is 11.1. The van der Waals surface area contributed by atoms with Gasteiger partial charge in [0.1, 0.15) is 5.84 Å². The second kappa shape index (κ2) is 10.1. The lowest BCUT2D eigenvalue weighted by molar-refractivity contribution is 0.241. The molecule has 0 saturated carbocycles. The second-order valence-corrected chi connectivity index (χ2v) is 11.0. The molecular formula is C25H35ClN4O2S. The molecule has 2 aliphatic heterocycles. The minimum absolute atomic E-state index is 0. The Kier molecular flexibility index (Phi) is 7.89. The van der Waals surface area contributed by atoms with Crippen LogP contribution in [-0.4, -0.2) is 50.3 Å². The van der Waals surface area contributed by atoms with Gasteiger partial charge in [-0.05, 0) is 62.8 Å². The first-order valence-corrected chi connectivity index (χ1v) is 12.8. The maximum absolute atomic E-state index is 13.5. The van der Waals surface area contributed by atoms with Crippen molar-refractivity contribution >= 4 is 28.3 Å². The van der Waals surface area contributed by atoms with Crippen LogP contribution in [0.1, 0.15) is 40.7 Å². The molecule has 0 amide bonds. The molecule has 1 spiro atoms. The number of nitrogens with zero attached hydrogens (tertiary/aromatic N) is 2. The van der Waals surface area contributed by atoms with Gasteiger partial charge in [-0.25, -0.2) is 8.42 Å². The predicted octanol–water partition coefficient (Wildman–Crippen LogP) is 3.66. The van der Waals surface area contributed by atoms with E-state index >= 15 is 0 Å². The van der Waals surface area contributed by atoms with E-state index in [0.29, 0.717) is 30.8 Å². The van der Waals surface area contributed by atoms with Gasteiger partial charge in [0.05, 0.1) is 17.0 Å². The molecule has 8 heteroatoms. The van der Waals surface area contributed by atoms with Gasteiger partial charge in [0.15, 0.2) is 0 Å². The van der Waals surface area contributed by atoms with Crippen LogP contribution in [0.15, 0.2) is 46.3 Å². The highest BCUT2D eigenvalue weighted by Crippen LogP contribution is 2.31. The van der Waals surface area contributed by atoms with E-state index in [9.17, 15) is 8.42 Å². The molecule has 180 valence electrons. The van der Waals surface area contributed by atoms with E-state index in [-0.39, 0.29) is 17.9 Å². The van der Waals surface area contributed by atoms with Gasteiger partial charge in [-0.15, -0.1) is 12.4 Å². The number of hydrogen-bond acceptors (Lipinski definition) is 5. The summed E-state index contributed by atoms with van der Waals surface area (Å²) in [4.78, 5) is 5.27. The molecule has 2 N–H and O–H groups in total. The van der Waals surface area contributed by atoms with Gasteiger partial charge in [0.25, 0.3) is 0 Å². The SMILES string of the molecule is Cc1cc(C)c(S(=O)(=O)N2CCC3(CC2)NCCN=C3NCc2ccccc2C)c(C)c1.Cl. The Labute approximate surface area is 204 Å². The van der Waals surface area contributed by atoms with Gasteiger partial charge in [0.2, 0.25) is 10.0 Å². The number of rotatable bonds is 4. The number of amidine groups is 1. The molecule has 0 bridgehead atoms. The molecule has 0 aliphatic carbocycles. The number of piperidine rings is 1. The Morgan fingerprint density at radius 2 is 1.67 bits per heavy atom. The van der Waals surface area contributed by atoms with Crippen LogP contribution in [0.4, 0.5) is 0 Å². The lowest BCUT2D eigenvalue weighted by Crippen LogP contribution is -2.64. The minimum atomic E-state index is -3.53. The molecule has 0 unspecified atom stereocenters. The third-order valence-corrected chi connectivity index (χ3v) is 8.99. The third kappa shape index (κ3) is 5.11. The third-order valence-electron chi connectivity index (χ3n) is 6.78. The van der Waals surface area contributed by atoms with E-state index in [1.165, 1.54) is 11.1 Å². The van der Waals surface area contributed by atoms with E-state index in [2.05, 4.69) is 35.8 Å². The van der Waals surface area contributed by atoms with Gasteiger partial charge in [-0.3, -0.25) is 4.99 Å². The van der Waals surface area contributed by atoms with Crippen LogP contribution in [0.2, 0.25) is 0 Å². The Hall–Kier alpha value is -1.93. The van der Waals surface area contributed by atoms with Crippen LogP contribution >= 0.6 is 12.4 Å². The summed E-state index contributed by atoms with van der Waals surface area (Å²) in [5, 5.41) is 7.23. The van der Waals surface area contributed by atoms with Crippen molar-refractivity contribution in [2.75, 3.05) is 26.2 Å². The average Bonchev–Trinajstić information content (AvgIpc) is 2.73. The van der Waals surface area contributed by atoms with Gasteiger partial charge < -0.3 is 10.6 Å². The highest BCUT2D eigenvalue weighted by molar-refractivity contribution is 7.89. The standard InChI is InChI=1S/C25H34N4O2S.ClH/c1-18-15-20(3)23(21(4)16-18)32(30,31)29-13-9-25(10-14-29)24(26-11-12-28-25)27-17-22-8-6-5-7-19(22)2;/h5-8,15-16,28H,9-14,17H2,1-4H3,(H,26,27);1H. The van der Waals surface area contributed by atoms with Gasteiger partial charge >= 0.3 is 0 Å². The summed E-state index contributed by atoms with van der Waals surface area (Å²) in [7, 11) is -3.53. The van der Waals surface area contributed by atoms with Crippen molar-refractivity contribution < 1.29 is 8.42 Å². The number of sulfonamides is 1. The first-order chi connectivity index (χ1) is 15.2. The molecule has 0 radical (unpaired) electrons. The molecule has 1 saturated heterocycles. The molecule has 2 aromatic rings. The van der Waals surface area contributed by atoms with E-state index in [4.69, 9.17) is 4.99 Å². The molecule has 2 aromatic carbocycles. The molecule has 2 heterocycles. The Balaban J connectivity index is 0.00000306. The summed E-state index contributed by atoms with van der Waals surface area (Å²) >= 11 is 0. The van der Waals surface area contributed by atoms with E-state index < -0.39 is 10.0 Å². The zero-order valence-corrected chi connectivity index (χ0v) is 21.6. The van der Waals surface area contributed by atoms with Crippen LogP contribution in [0, 0.1) is 27.7 Å². The Morgan fingerprint density at radius 3 is 2.30 bits per heavy atom. The van der Waals surface area contributed by atoms with E-state index in [0.717, 1.165) is 42.2 Å². The molecule has 33 heavy (non-hydrogen) atoms. The number of hydrogen-bond donors (Lipinski definition) is 2. The normalized spacial score (nSPS) is 18.5. The first kappa shape index (κ1) is 25.7. The molecule has 2 aliphatic rings. The molecule has 1 fully saturated rings. The predicted molar refractivity (Wildman–Crippen MR) is 137 cm³/mol. The van der Waals surface area contributed by atoms with Crippen molar-refractivity contribution in [2.24, 2.45) is 4.99 Å². The highest BCUT2D eigenvalue weighted by atomic mass is 35.5. The smallest absolute Gasteiger partial charge is 0.243 e. The number of halogens is 1. The maximum atomic E-state index is 13.5. The second-order valence-electron chi connectivity index (χ2n) is 9.15. The summed E-state index contributed by atoms with van der Waals surface area (Å²) in [5.74, 6) is 0.965. The van der Waals surface area contributed by atoms with Crippen molar-refractivity contribution in [1.82, 2.24) is 14.9 Å². The summed E-state index contributed by atoms with van der Waals surface area (Å²) < 4.78 is 28.7. The molecule has 4 rings (SSSR count). The Bertz CT molecular complexity index is 1120. The number of benzene rings is 2. The van der Waals surface area contributed by atoms with Crippen molar-refractivity contribution in [1.29, 1.82) is 0 Å². The molecular weight excluding hydrogens is 456 g/mol. The fourth-order valence-electron chi connectivity index (χ4n) is 5.14. The Morgan fingerprint density at radius 1 is 1.03 bits per heavy atom.